The second-order valence-electron chi connectivity index (χ2n) is 3.84. The molecule has 3 nitrogen and oxygen atoms in total. The molecule has 16 heavy (non-hydrogen) atoms. The van der Waals surface area contributed by atoms with Crippen LogP contribution in [-0.2, 0) is 6.54 Å². The van der Waals surface area contributed by atoms with Gasteiger partial charge in [-0.25, -0.2) is 0 Å². The number of nitrogens with zero attached hydrogens (tertiary/aromatic N) is 2. The van der Waals surface area contributed by atoms with E-state index in [-0.39, 0.29) is 12.4 Å². The minimum Gasteiger partial charge on any atom is -0.314 e. The van der Waals surface area contributed by atoms with Gasteiger partial charge in [0.05, 0.1) is 11.6 Å². The summed E-state index contributed by atoms with van der Waals surface area (Å²) in [5, 5.41) is 12.1. The maximum Gasteiger partial charge on any atom is 0.0991 e. The summed E-state index contributed by atoms with van der Waals surface area (Å²) in [6.45, 7) is 5.28. The first kappa shape index (κ1) is 13.0. The van der Waals surface area contributed by atoms with Crippen LogP contribution in [0.3, 0.4) is 0 Å². The molecule has 0 radical (unpaired) electrons. The molecular formula is C12H16ClN3. The molecule has 0 bridgehead atoms. The highest BCUT2D eigenvalue weighted by Crippen LogP contribution is 2.08. The number of hydrogen-bond donors (Lipinski definition) is 1. The number of rotatable bonds is 2. The second-order valence-corrected chi connectivity index (χ2v) is 3.84. The highest BCUT2D eigenvalue weighted by molar-refractivity contribution is 5.85. The van der Waals surface area contributed by atoms with Crippen molar-refractivity contribution in [1.29, 1.82) is 5.26 Å². The summed E-state index contributed by atoms with van der Waals surface area (Å²) in [4.78, 5) is 2.41. The molecule has 1 aliphatic heterocycles. The van der Waals surface area contributed by atoms with E-state index in [1.165, 1.54) is 5.56 Å². The summed E-state index contributed by atoms with van der Waals surface area (Å²) in [6.07, 6.45) is 0. The van der Waals surface area contributed by atoms with Gasteiger partial charge in [-0.1, -0.05) is 12.1 Å². The Morgan fingerprint density at radius 2 is 2.06 bits per heavy atom. The Balaban J connectivity index is 0.00000128. The summed E-state index contributed by atoms with van der Waals surface area (Å²) in [7, 11) is 0. The van der Waals surface area contributed by atoms with Crippen LogP contribution in [0.25, 0.3) is 0 Å². The molecule has 1 saturated heterocycles. The zero-order valence-corrected chi connectivity index (χ0v) is 9.96. The lowest BCUT2D eigenvalue weighted by atomic mass is 10.1. The molecule has 1 aromatic rings. The molecule has 1 aromatic carbocycles. The quantitative estimate of drug-likeness (QED) is 0.845. The van der Waals surface area contributed by atoms with Crippen LogP contribution in [-0.4, -0.2) is 31.1 Å². The third kappa shape index (κ3) is 3.49. The second kappa shape index (κ2) is 6.49. The van der Waals surface area contributed by atoms with Gasteiger partial charge in [0.1, 0.15) is 0 Å². The van der Waals surface area contributed by atoms with Crippen LogP contribution in [0, 0.1) is 11.3 Å². The predicted octanol–water partition coefficient (Wildman–Crippen LogP) is 1.39. The molecular weight excluding hydrogens is 222 g/mol. The van der Waals surface area contributed by atoms with E-state index >= 15 is 0 Å². The Hall–Kier alpha value is -1.08. The number of halogens is 1. The van der Waals surface area contributed by atoms with Gasteiger partial charge in [0.15, 0.2) is 0 Å². The van der Waals surface area contributed by atoms with Crippen LogP contribution < -0.4 is 5.32 Å². The van der Waals surface area contributed by atoms with Gasteiger partial charge < -0.3 is 5.32 Å². The molecule has 0 atom stereocenters. The van der Waals surface area contributed by atoms with Crippen molar-refractivity contribution in [2.45, 2.75) is 6.54 Å². The molecule has 1 N–H and O–H groups in total. The molecule has 0 aromatic heterocycles. The molecule has 1 aliphatic rings. The van der Waals surface area contributed by atoms with E-state index in [2.05, 4.69) is 22.4 Å². The van der Waals surface area contributed by atoms with Gasteiger partial charge in [0.25, 0.3) is 0 Å². The van der Waals surface area contributed by atoms with Gasteiger partial charge in [-0.2, -0.15) is 5.26 Å². The SMILES string of the molecule is Cl.N#Cc1cccc(CN2CCNCC2)c1. The van der Waals surface area contributed by atoms with E-state index in [4.69, 9.17) is 5.26 Å². The summed E-state index contributed by atoms with van der Waals surface area (Å²) >= 11 is 0. The predicted molar refractivity (Wildman–Crippen MR) is 66.6 cm³/mol. The van der Waals surface area contributed by atoms with Crippen LogP contribution in [0.2, 0.25) is 0 Å². The van der Waals surface area contributed by atoms with Crippen LogP contribution in [0.4, 0.5) is 0 Å². The maximum absolute atomic E-state index is 8.79. The average molecular weight is 238 g/mol. The van der Waals surface area contributed by atoms with Crippen molar-refractivity contribution in [2.24, 2.45) is 0 Å². The Labute approximate surface area is 102 Å². The van der Waals surface area contributed by atoms with E-state index < -0.39 is 0 Å². The standard InChI is InChI=1S/C12H15N3.ClH/c13-9-11-2-1-3-12(8-11)10-15-6-4-14-5-7-15;/h1-3,8,14H,4-7,10H2;1H. The summed E-state index contributed by atoms with van der Waals surface area (Å²) in [6, 6.07) is 10.0. The maximum atomic E-state index is 8.79. The first-order chi connectivity index (χ1) is 7.38. The number of nitrogens with one attached hydrogen (secondary N) is 1. The largest absolute Gasteiger partial charge is 0.314 e. The normalized spacial score (nSPS) is 16.2. The van der Waals surface area contributed by atoms with Crippen molar-refractivity contribution >= 4 is 12.4 Å². The highest BCUT2D eigenvalue weighted by Gasteiger charge is 2.09. The monoisotopic (exact) mass is 237 g/mol. The van der Waals surface area contributed by atoms with Gasteiger partial charge in [0, 0.05) is 32.7 Å². The van der Waals surface area contributed by atoms with Crippen molar-refractivity contribution in [2.75, 3.05) is 26.2 Å². The smallest absolute Gasteiger partial charge is 0.0991 e. The third-order valence-corrected chi connectivity index (χ3v) is 2.67. The Morgan fingerprint density at radius 1 is 1.31 bits per heavy atom. The third-order valence-electron chi connectivity index (χ3n) is 2.67. The fourth-order valence-corrected chi connectivity index (χ4v) is 1.87. The number of benzene rings is 1. The number of hydrogen-bond acceptors (Lipinski definition) is 3. The minimum absolute atomic E-state index is 0. The van der Waals surface area contributed by atoms with Gasteiger partial charge in [-0.05, 0) is 17.7 Å². The molecule has 0 saturated carbocycles. The molecule has 0 unspecified atom stereocenters. The average Bonchev–Trinajstić information content (AvgIpc) is 2.31. The van der Waals surface area contributed by atoms with Crippen LogP contribution in [0.15, 0.2) is 24.3 Å². The lowest BCUT2D eigenvalue weighted by Crippen LogP contribution is -2.42. The Kier molecular flexibility index (Phi) is 5.27. The number of nitriles is 1. The minimum atomic E-state index is 0. The van der Waals surface area contributed by atoms with E-state index in [0.29, 0.717) is 0 Å². The fourth-order valence-electron chi connectivity index (χ4n) is 1.87. The highest BCUT2D eigenvalue weighted by atomic mass is 35.5. The molecule has 1 heterocycles. The van der Waals surface area contributed by atoms with Crippen LogP contribution in [0.5, 0.6) is 0 Å². The number of piperazine rings is 1. The lowest BCUT2D eigenvalue weighted by molar-refractivity contribution is 0.233. The summed E-state index contributed by atoms with van der Waals surface area (Å²) < 4.78 is 0. The van der Waals surface area contributed by atoms with Crippen molar-refractivity contribution in [3.8, 4) is 6.07 Å². The van der Waals surface area contributed by atoms with Crippen molar-refractivity contribution in [1.82, 2.24) is 10.2 Å². The van der Waals surface area contributed by atoms with Crippen molar-refractivity contribution < 1.29 is 0 Å². The van der Waals surface area contributed by atoms with Gasteiger partial charge in [-0.15, -0.1) is 12.4 Å². The first-order valence-corrected chi connectivity index (χ1v) is 5.30. The molecule has 0 amide bonds. The molecule has 86 valence electrons. The summed E-state index contributed by atoms with van der Waals surface area (Å²) in [5.74, 6) is 0. The first-order valence-electron chi connectivity index (χ1n) is 5.30. The molecule has 4 heteroatoms. The van der Waals surface area contributed by atoms with Crippen molar-refractivity contribution in [3.05, 3.63) is 35.4 Å². The topological polar surface area (TPSA) is 39.1 Å². The van der Waals surface area contributed by atoms with E-state index in [1.54, 1.807) is 0 Å². The van der Waals surface area contributed by atoms with Crippen molar-refractivity contribution in [3.63, 3.8) is 0 Å². The summed E-state index contributed by atoms with van der Waals surface area (Å²) in [5.41, 5.74) is 1.98. The zero-order chi connectivity index (χ0) is 10.5. The molecule has 0 aliphatic carbocycles. The lowest BCUT2D eigenvalue weighted by Gasteiger charge is -2.27. The van der Waals surface area contributed by atoms with Crippen LogP contribution in [0.1, 0.15) is 11.1 Å². The molecule has 1 fully saturated rings. The Bertz CT molecular complexity index is 367. The Morgan fingerprint density at radius 3 is 2.75 bits per heavy atom. The fraction of sp³-hybridized carbons (Fsp3) is 0.417. The van der Waals surface area contributed by atoms with Gasteiger partial charge in [0.2, 0.25) is 0 Å². The van der Waals surface area contributed by atoms with Gasteiger partial charge in [-0.3, -0.25) is 4.90 Å². The zero-order valence-electron chi connectivity index (χ0n) is 9.15. The van der Waals surface area contributed by atoms with Crippen LogP contribution >= 0.6 is 12.4 Å². The molecule has 0 spiro atoms. The van der Waals surface area contributed by atoms with E-state index in [0.717, 1.165) is 38.3 Å². The van der Waals surface area contributed by atoms with Gasteiger partial charge >= 0.3 is 0 Å². The van der Waals surface area contributed by atoms with E-state index in [1.807, 2.05) is 18.2 Å². The van der Waals surface area contributed by atoms with E-state index in [9.17, 15) is 0 Å². The molecule has 2 rings (SSSR count).